The molecular formula is C32H51N3O3. The number of hydrogen-bond acceptors (Lipinski definition) is 5. The fraction of sp³-hybridized carbons (Fsp3) is 0.562. The lowest BCUT2D eigenvalue weighted by molar-refractivity contribution is -0.144. The number of nitrogens with zero attached hydrogens (tertiary/aromatic N) is 2. The molecule has 3 heterocycles. The molecule has 1 N–H and O–H groups in total. The van der Waals surface area contributed by atoms with Gasteiger partial charge in [-0.2, -0.15) is 0 Å². The van der Waals surface area contributed by atoms with Crippen molar-refractivity contribution >= 4 is 11.9 Å². The van der Waals surface area contributed by atoms with E-state index in [1.165, 1.54) is 19.1 Å². The fourth-order valence-corrected chi connectivity index (χ4v) is 4.73. The van der Waals surface area contributed by atoms with E-state index in [4.69, 9.17) is 4.74 Å². The lowest BCUT2D eigenvalue weighted by Crippen LogP contribution is -2.52. The molecule has 0 bridgehead atoms. The molecule has 6 heteroatoms. The molecule has 3 aliphatic heterocycles. The number of cyclic esters (lactones) is 1. The van der Waals surface area contributed by atoms with Crippen molar-refractivity contribution in [1.82, 2.24) is 15.1 Å². The smallest absolute Gasteiger partial charge is 0.320 e. The third kappa shape index (κ3) is 9.79. The molecule has 0 aromatic carbocycles. The minimum Gasteiger partial charge on any atom is -0.432 e. The number of carbonyl (C=O) groups excluding carboxylic acids is 2. The first-order chi connectivity index (χ1) is 18.2. The van der Waals surface area contributed by atoms with Crippen LogP contribution in [0.15, 0.2) is 71.8 Å². The second-order valence-electron chi connectivity index (χ2n) is 9.95. The number of piperidine rings is 1. The largest absolute Gasteiger partial charge is 0.432 e. The molecule has 6 nitrogen and oxygen atoms in total. The highest BCUT2D eigenvalue weighted by Crippen LogP contribution is 2.31. The minimum atomic E-state index is -0.582. The summed E-state index contributed by atoms with van der Waals surface area (Å²) in [5, 5.41) is 3.24. The van der Waals surface area contributed by atoms with Crippen LogP contribution in [0.25, 0.3) is 0 Å². The Balaban J connectivity index is 0.00000135. The number of likely N-dealkylation sites (tertiary alicyclic amines) is 1. The van der Waals surface area contributed by atoms with Crippen LogP contribution in [0.3, 0.4) is 0 Å². The Morgan fingerprint density at radius 1 is 1.08 bits per heavy atom. The first kappa shape index (κ1) is 33.2. The number of allylic oxidation sites excluding steroid dienone is 6. The number of fused-ring (bicyclic) bond motifs is 1. The van der Waals surface area contributed by atoms with Crippen molar-refractivity contribution in [2.24, 2.45) is 11.8 Å². The van der Waals surface area contributed by atoms with Gasteiger partial charge in [0.15, 0.2) is 0 Å². The van der Waals surface area contributed by atoms with Crippen LogP contribution < -0.4 is 5.32 Å². The third-order valence-electron chi connectivity index (χ3n) is 6.97. The lowest BCUT2D eigenvalue weighted by Gasteiger charge is -2.40. The van der Waals surface area contributed by atoms with Gasteiger partial charge in [-0.3, -0.25) is 9.59 Å². The van der Waals surface area contributed by atoms with Crippen molar-refractivity contribution < 1.29 is 14.3 Å². The zero-order chi connectivity index (χ0) is 28.7. The second kappa shape index (κ2) is 17.6. The molecule has 0 spiro atoms. The Labute approximate surface area is 231 Å². The van der Waals surface area contributed by atoms with E-state index in [-0.39, 0.29) is 11.9 Å². The van der Waals surface area contributed by atoms with Gasteiger partial charge in [-0.05, 0) is 71.5 Å². The van der Waals surface area contributed by atoms with Crippen LogP contribution in [-0.2, 0) is 14.3 Å². The molecule has 1 saturated heterocycles. The average molecular weight is 526 g/mol. The van der Waals surface area contributed by atoms with E-state index in [0.29, 0.717) is 18.5 Å². The molecule has 1 fully saturated rings. The van der Waals surface area contributed by atoms with E-state index in [2.05, 4.69) is 30.6 Å². The van der Waals surface area contributed by atoms with Crippen molar-refractivity contribution in [2.45, 2.75) is 80.7 Å². The van der Waals surface area contributed by atoms with Gasteiger partial charge in [-0.15, -0.1) is 6.58 Å². The Morgan fingerprint density at radius 3 is 2.29 bits per heavy atom. The first-order valence-electron chi connectivity index (χ1n) is 14.2. The van der Waals surface area contributed by atoms with Gasteiger partial charge in [0, 0.05) is 30.6 Å². The van der Waals surface area contributed by atoms with Crippen LogP contribution in [0.1, 0.15) is 74.7 Å². The van der Waals surface area contributed by atoms with Crippen LogP contribution in [-0.4, -0.2) is 53.9 Å². The van der Waals surface area contributed by atoms with Gasteiger partial charge >= 0.3 is 5.97 Å². The third-order valence-corrected chi connectivity index (χ3v) is 6.97. The molecule has 0 aromatic rings. The van der Waals surface area contributed by atoms with E-state index in [9.17, 15) is 9.59 Å². The molecule has 0 aromatic heterocycles. The number of amides is 1. The summed E-state index contributed by atoms with van der Waals surface area (Å²) in [6, 6.07) is -0.420. The molecule has 3 aliphatic rings. The summed E-state index contributed by atoms with van der Waals surface area (Å²) in [5.74, 6) is -0.199. The summed E-state index contributed by atoms with van der Waals surface area (Å²) >= 11 is 0. The molecule has 38 heavy (non-hydrogen) atoms. The highest BCUT2D eigenvalue weighted by Gasteiger charge is 2.40. The van der Waals surface area contributed by atoms with Crippen molar-refractivity contribution in [1.29, 1.82) is 0 Å². The van der Waals surface area contributed by atoms with E-state index in [1.807, 2.05) is 76.9 Å². The van der Waals surface area contributed by atoms with Crippen molar-refractivity contribution in [3.8, 4) is 0 Å². The Morgan fingerprint density at radius 2 is 1.68 bits per heavy atom. The lowest BCUT2D eigenvalue weighted by atomic mass is 9.84. The number of hydrogen-bond donors (Lipinski definition) is 1. The monoisotopic (exact) mass is 525 g/mol. The van der Waals surface area contributed by atoms with Gasteiger partial charge in [-0.25, -0.2) is 0 Å². The van der Waals surface area contributed by atoms with E-state index in [0.717, 1.165) is 42.4 Å². The number of nitrogens with one attached hydrogen (secondary N) is 1. The quantitative estimate of drug-likeness (QED) is 0.335. The molecule has 2 unspecified atom stereocenters. The molecule has 212 valence electrons. The summed E-state index contributed by atoms with van der Waals surface area (Å²) in [7, 11) is 0. The second-order valence-corrected chi connectivity index (χ2v) is 9.95. The molecular weight excluding hydrogens is 474 g/mol. The van der Waals surface area contributed by atoms with E-state index in [1.54, 1.807) is 6.08 Å². The first-order valence-corrected chi connectivity index (χ1v) is 14.2. The van der Waals surface area contributed by atoms with Crippen LogP contribution >= 0.6 is 0 Å². The summed E-state index contributed by atoms with van der Waals surface area (Å²) in [6.07, 6.45) is 15.8. The molecule has 3 rings (SSSR count). The maximum atomic E-state index is 13.7. The average Bonchev–Trinajstić information content (AvgIpc) is 2.97. The van der Waals surface area contributed by atoms with Crippen LogP contribution in [0.4, 0.5) is 0 Å². The van der Waals surface area contributed by atoms with Gasteiger partial charge in [0.1, 0.15) is 12.2 Å². The maximum Gasteiger partial charge on any atom is 0.320 e. The minimum absolute atomic E-state index is 0.0363. The standard InChI is InChI=1S/C27H39N3O3.C3H6.C2H6/c1-6-23-17-28-22(5)18-33-27(32)24-20(3)9-7-8-10-21(4)26(31)30(25(23)24)16-15-29-13-11-19(2)12-14-29;1-3-2;1-2/h7-10,17-19,24-25,28H,6,11-16H2,1-5H3;3H,1H2,2H3;1-2H3/b8-7-,20-9+,21-10+,22-18+,23-17+;;. The number of ether oxygens (including phenoxy) is 1. The molecule has 2 atom stereocenters. The van der Waals surface area contributed by atoms with Gasteiger partial charge in [0.2, 0.25) is 5.91 Å². The van der Waals surface area contributed by atoms with Crippen molar-refractivity contribution in [3.63, 3.8) is 0 Å². The molecule has 0 saturated carbocycles. The van der Waals surface area contributed by atoms with Gasteiger partial charge < -0.3 is 19.9 Å². The zero-order valence-electron chi connectivity index (χ0n) is 25.0. The van der Waals surface area contributed by atoms with E-state index >= 15 is 0 Å². The molecule has 1 amide bonds. The predicted octanol–water partition coefficient (Wildman–Crippen LogP) is 6.51. The summed E-state index contributed by atoms with van der Waals surface area (Å²) in [6.45, 7) is 22.7. The predicted molar refractivity (Wildman–Crippen MR) is 159 cm³/mol. The topological polar surface area (TPSA) is 61.9 Å². The summed E-state index contributed by atoms with van der Waals surface area (Å²) in [4.78, 5) is 31.4. The number of esters is 1. The Hall–Kier alpha value is -2.86. The SMILES string of the molecule is C=CC.CC.CC/C1=C\N/C(C)=C/OC(=O)C2/C(C)=C/C=C\C=C(/C)C(=O)N(CCN3CCC(C)CC3)C12. The zero-order valence-corrected chi connectivity index (χ0v) is 25.0. The van der Waals surface area contributed by atoms with Crippen LogP contribution in [0.2, 0.25) is 0 Å². The van der Waals surface area contributed by atoms with Crippen molar-refractivity contribution in [2.75, 3.05) is 26.2 Å². The number of rotatable bonds is 4. The van der Waals surface area contributed by atoms with Crippen LogP contribution in [0.5, 0.6) is 0 Å². The van der Waals surface area contributed by atoms with Gasteiger partial charge in [0.05, 0.1) is 6.04 Å². The number of carbonyl (C=O) groups is 2. The normalized spacial score (nSPS) is 29.3. The molecule has 0 aliphatic carbocycles. The fourth-order valence-electron chi connectivity index (χ4n) is 4.73. The molecule has 0 radical (unpaired) electrons. The van der Waals surface area contributed by atoms with Gasteiger partial charge in [0.25, 0.3) is 0 Å². The highest BCUT2D eigenvalue weighted by atomic mass is 16.5. The van der Waals surface area contributed by atoms with Crippen LogP contribution in [0, 0.1) is 11.8 Å². The summed E-state index contributed by atoms with van der Waals surface area (Å²) < 4.78 is 5.57. The Bertz CT molecular complexity index is 934. The van der Waals surface area contributed by atoms with Crippen molar-refractivity contribution in [3.05, 3.63) is 71.8 Å². The highest BCUT2D eigenvalue weighted by molar-refractivity contribution is 5.94. The Kier molecular flexibility index (Phi) is 15.4. The van der Waals surface area contributed by atoms with E-state index < -0.39 is 12.0 Å². The summed E-state index contributed by atoms with van der Waals surface area (Å²) in [5.41, 5.74) is 3.30. The maximum absolute atomic E-state index is 13.7. The van der Waals surface area contributed by atoms with Gasteiger partial charge in [-0.1, -0.05) is 63.6 Å².